The zero-order valence-electron chi connectivity index (χ0n) is 8.40. The molecule has 2 aromatic rings. The van der Waals surface area contributed by atoms with Crippen molar-refractivity contribution in [3.63, 3.8) is 0 Å². The standard InChI is InChI=1S/C8H11ClN6/c1-4(11-2)15-3-12-5-6(10)13-8(9)14-7(5)15/h3-4,11H,1-2H3,(H2,10,13,14). The normalized spacial score (nSPS) is 13.3. The number of nitrogens with one attached hydrogen (secondary N) is 1. The summed E-state index contributed by atoms with van der Waals surface area (Å²) < 4.78 is 1.85. The number of nitrogens with two attached hydrogens (primary N) is 1. The Labute approximate surface area is 91.5 Å². The van der Waals surface area contributed by atoms with Crippen LogP contribution in [0.3, 0.4) is 0 Å². The lowest BCUT2D eigenvalue weighted by Crippen LogP contribution is -2.19. The van der Waals surface area contributed by atoms with E-state index in [4.69, 9.17) is 17.3 Å². The fourth-order valence-corrected chi connectivity index (χ4v) is 1.50. The predicted octanol–water partition coefficient (Wildman–Crippen LogP) is 0.800. The van der Waals surface area contributed by atoms with Crippen molar-refractivity contribution in [1.82, 2.24) is 24.8 Å². The van der Waals surface area contributed by atoms with Crippen molar-refractivity contribution in [3.05, 3.63) is 11.6 Å². The summed E-state index contributed by atoms with van der Waals surface area (Å²) in [7, 11) is 1.85. The van der Waals surface area contributed by atoms with Crippen molar-refractivity contribution in [1.29, 1.82) is 0 Å². The highest BCUT2D eigenvalue weighted by molar-refractivity contribution is 6.28. The molecule has 0 amide bonds. The maximum atomic E-state index is 5.74. The van der Waals surface area contributed by atoms with Crippen molar-refractivity contribution < 1.29 is 0 Å². The largest absolute Gasteiger partial charge is 0.382 e. The van der Waals surface area contributed by atoms with E-state index < -0.39 is 0 Å². The molecule has 2 aromatic heterocycles. The zero-order valence-corrected chi connectivity index (χ0v) is 9.15. The van der Waals surface area contributed by atoms with Gasteiger partial charge in [-0.25, -0.2) is 4.98 Å². The summed E-state index contributed by atoms with van der Waals surface area (Å²) in [4.78, 5) is 12.1. The number of nitrogen functional groups attached to an aromatic ring is 1. The summed E-state index contributed by atoms with van der Waals surface area (Å²) in [6, 6.07) is 0. The minimum Gasteiger partial charge on any atom is -0.382 e. The molecule has 15 heavy (non-hydrogen) atoms. The summed E-state index contributed by atoms with van der Waals surface area (Å²) in [5.74, 6) is 0.298. The first-order valence-corrected chi connectivity index (χ1v) is 4.84. The average Bonchev–Trinajstić information content (AvgIpc) is 2.60. The van der Waals surface area contributed by atoms with Crippen LogP contribution in [0.15, 0.2) is 6.33 Å². The molecule has 1 unspecified atom stereocenters. The number of imidazole rings is 1. The number of anilines is 1. The number of fused-ring (bicyclic) bond motifs is 1. The highest BCUT2D eigenvalue weighted by atomic mass is 35.5. The number of hydrogen-bond donors (Lipinski definition) is 2. The molecule has 3 N–H and O–H groups in total. The van der Waals surface area contributed by atoms with E-state index in [0.29, 0.717) is 17.0 Å². The summed E-state index contributed by atoms with van der Waals surface area (Å²) in [6.07, 6.45) is 1.73. The molecule has 6 nitrogen and oxygen atoms in total. The lowest BCUT2D eigenvalue weighted by atomic mass is 10.5. The smallest absolute Gasteiger partial charge is 0.226 e. The van der Waals surface area contributed by atoms with Gasteiger partial charge in [0.2, 0.25) is 5.28 Å². The number of nitrogens with zero attached hydrogens (tertiary/aromatic N) is 4. The molecule has 0 saturated carbocycles. The van der Waals surface area contributed by atoms with E-state index in [0.717, 1.165) is 0 Å². The number of hydrogen-bond acceptors (Lipinski definition) is 5. The molecule has 7 heteroatoms. The van der Waals surface area contributed by atoms with Crippen LogP contribution in [-0.4, -0.2) is 26.6 Å². The molecule has 2 rings (SSSR count). The Morgan fingerprint density at radius 3 is 2.93 bits per heavy atom. The molecule has 0 aliphatic carbocycles. The molecule has 0 spiro atoms. The van der Waals surface area contributed by atoms with E-state index in [1.807, 2.05) is 18.5 Å². The summed E-state index contributed by atoms with van der Waals surface area (Å²) >= 11 is 5.74. The Hall–Kier alpha value is -1.40. The minimum absolute atomic E-state index is 0.0698. The van der Waals surface area contributed by atoms with Crippen LogP contribution < -0.4 is 11.1 Å². The summed E-state index contributed by atoms with van der Waals surface area (Å²) in [6.45, 7) is 1.98. The van der Waals surface area contributed by atoms with Crippen molar-refractivity contribution in [2.75, 3.05) is 12.8 Å². The molecule has 0 aliphatic rings. The average molecular weight is 227 g/mol. The first-order chi connectivity index (χ1) is 7.13. The van der Waals surface area contributed by atoms with Gasteiger partial charge in [0.25, 0.3) is 0 Å². The van der Waals surface area contributed by atoms with Gasteiger partial charge in [0, 0.05) is 0 Å². The maximum Gasteiger partial charge on any atom is 0.226 e. The van der Waals surface area contributed by atoms with Gasteiger partial charge >= 0.3 is 0 Å². The van der Waals surface area contributed by atoms with Crippen LogP contribution >= 0.6 is 11.6 Å². The molecule has 80 valence electrons. The van der Waals surface area contributed by atoms with Crippen LogP contribution in [0.25, 0.3) is 11.2 Å². The third-order valence-corrected chi connectivity index (χ3v) is 2.43. The van der Waals surface area contributed by atoms with Crippen LogP contribution in [0.5, 0.6) is 0 Å². The second-order valence-corrected chi connectivity index (χ2v) is 3.50. The predicted molar refractivity (Wildman–Crippen MR) is 58.5 cm³/mol. The van der Waals surface area contributed by atoms with E-state index in [1.165, 1.54) is 0 Å². The Morgan fingerprint density at radius 2 is 2.27 bits per heavy atom. The third-order valence-electron chi connectivity index (χ3n) is 2.26. The molecule has 0 fully saturated rings. The highest BCUT2D eigenvalue weighted by Gasteiger charge is 2.12. The zero-order chi connectivity index (χ0) is 11.0. The van der Waals surface area contributed by atoms with Gasteiger partial charge in [0.15, 0.2) is 11.5 Å². The van der Waals surface area contributed by atoms with Gasteiger partial charge in [-0.15, -0.1) is 0 Å². The number of rotatable bonds is 2. The van der Waals surface area contributed by atoms with Crippen LogP contribution in [0.1, 0.15) is 13.1 Å². The quantitative estimate of drug-likeness (QED) is 0.741. The molecule has 0 aromatic carbocycles. The van der Waals surface area contributed by atoms with E-state index in [9.17, 15) is 0 Å². The van der Waals surface area contributed by atoms with E-state index >= 15 is 0 Å². The van der Waals surface area contributed by atoms with Crippen LogP contribution in [0.2, 0.25) is 5.28 Å². The van der Waals surface area contributed by atoms with Gasteiger partial charge in [-0.2, -0.15) is 9.97 Å². The van der Waals surface area contributed by atoms with Gasteiger partial charge in [0.1, 0.15) is 5.52 Å². The first kappa shape index (κ1) is 10.1. The van der Waals surface area contributed by atoms with E-state index in [2.05, 4.69) is 20.3 Å². The molecule has 0 saturated heterocycles. The molecular weight excluding hydrogens is 216 g/mol. The Morgan fingerprint density at radius 1 is 1.53 bits per heavy atom. The second kappa shape index (κ2) is 3.63. The van der Waals surface area contributed by atoms with Gasteiger partial charge in [-0.05, 0) is 25.6 Å². The van der Waals surface area contributed by atoms with Gasteiger partial charge in [-0.1, -0.05) is 0 Å². The van der Waals surface area contributed by atoms with Gasteiger partial charge in [0.05, 0.1) is 12.5 Å². The maximum absolute atomic E-state index is 5.74. The topological polar surface area (TPSA) is 81.7 Å². The molecule has 1 atom stereocenters. The number of halogens is 1. The van der Waals surface area contributed by atoms with Crippen molar-refractivity contribution >= 4 is 28.6 Å². The molecular formula is C8H11ClN6. The molecule has 0 aliphatic heterocycles. The van der Waals surface area contributed by atoms with E-state index in [-0.39, 0.29) is 11.4 Å². The SMILES string of the molecule is CNC(C)n1cnc2c(N)nc(Cl)nc21. The Kier molecular flexibility index (Phi) is 2.45. The van der Waals surface area contributed by atoms with E-state index in [1.54, 1.807) is 6.33 Å². The molecule has 0 radical (unpaired) electrons. The lowest BCUT2D eigenvalue weighted by Gasteiger charge is -2.11. The Bertz CT molecular complexity index is 493. The number of aromatic nitrogens is 4. The van der Waals surface area contributed by atoms with Crippen molar-refractivity contribution in [3.8, 4) is 0 Å². The third kappa shape index (κ3) is 1.62. The fraction of sp³-hybridized carbons (Fsp3) is 0.375. The van der Waals surface area contributed by atoms with Crippen LogP contribution in [0, 0.1) is 0 Å². The van der Waals surface area contributed by atoms with Crippen LogP contribution in [-0.2, 0) is 0 Å². The monoisotopic (exact) mass is 226 g/mol. The van der Waals surface area contributed by atoms with Crippen molar-refractivity contribution in [2.24, 2.45) is 0 Å². The first-order valence-electron chi connectivity index (χ1n) is 4.46. The second-order valence-electron chi connectivity index (χ2n) is 3.17. The molecule has 0 bridgehead atoms. The van der Waals surface area contributed by atoms with Gasteiger partial charge < -0.3 is 11.1 Å². The lowest BCUT2D eigenvalue weighted by molar-refractivity contribution is 0.486. The minimum atomic E-state index is 0.0698. The fourth-order valence-electron chi connectivity index (χ4n) is 1.33. The summed E-state index contributed by atoms with van der Waals surface area (Å²) in [5.41, 5.74) is 6.88. The molecule has 2 heterocycles. The van der Waals surface area contributed by atoms with Gasteiger partial charge in [-0.3, -0.25) is 4.57 Å². The van der Waals surface area contributed by atoms with Crippen molar-refractivity contribution in [2.45, 2.75) is 13.1 Å². The summed E-state index contributed by atoms with van der Waals surface area (Å²) in [5, 5.41) is 3.21. The highest BCUT2D eigenvalue weighted by Crippen LogP contribution is 2.19. The van der Waals surface area contributed by atoms with Crippen LogP contribution in [0.4, 0.5) is 5.82 Å². The Balaban J connectivity index is 2.68.